The summed E-state index contributed by atoms with van der Waals surface area (Å²) in [5, 5.41) is 12.1. The average molecular weight is 214 g/mol. The maximum atomic E-state index is 11.8. The highest BCUT2D eigenvalue weighted by atomic mass is 16.3. The largest absolute Gasteiger partial charge is 0.381 e. The number of nitrogens with one attached hydrogen (secondary N) is 1. The predicted octanol–water partition coefficient (Wildman–Crippen LogP) is -0.506. The van der Waals surface area contributed by atoms with Crippen molar-refractivity contribution < 1.29 is 14.7 Å². The van der Waals surface area contributed by atoms with Crippen LogP contribution in [0.15, 0.2) is 0 Å². The van der Waals surface area contributed by atoms with Crippen LogP contribution >= 0.6 is 0 Å². The maximum absolute atomic E-state index is 11.8. The minimum atomic E-state index is -1.41. The molecule has 5 nitrogen and oxygen atoms in total. The molecule has 0 aromatic heterocycles. The first-order valence-electron chi connectivity index (χ1n) is 5.13. The van der Waals surface area contributed by atoms with Gasteiger partial charge in [-0.2, -0.15) is 0 Å². The van der Waals surface area contributed by atoms with Crippen molar-refractivity contribution in [3.8, 4) is 0 Å². The van der Waals surface area contributed by atoms with E-state index in [-0.39, 0.29) is 11.8 Å². The van der Waals surface area contributed by atoms with Crippen LogP contribution in [0.2, 0.25) is 0 Å². The van der Waals surface area contributed by atoms with E-state index in [1.54, 1.807) is 7.05 Å². The average Bonchev–Trinajstić information content (AvgIpc) is 2.62. The summed E-state index contributed by atoms with van der Waals surface area (Å²) >= 11 is 0. The topological polar surface area (TPSA) is 69.6 Å². The third-order valence-electron chi connectivity index (χ3n) is 2.59. The van der Waals surface area contributed by atoms with Crippen molar-refractivity contribution in [2.24, 2.45) is 0 Å². The second kappa shape index (κ2) is 4.18. The van der Waals surface area contributed by atoms with Gasteiger partial charge < -0.3 is 15.3 Å². The molecule has 0 aliphatic carbocycles. The van der Waals surface area contributed by atoms with Crippen LogP contribution < -0.4 is 5.32 Å². The molecule has 0 bridgehead atoms. The number of carbonyl (C=O) groups is 2. The molecule has 1 aliphatic heterocycles. The summed E-state index contributed by atoms with van der Waals surface area (Å²) in [6.07, 6.45) is 1.47. The molecule has 5 heteroatoms. The van der Waals surface area contributed by atoms with Crippen molar-refractivity contribution in [2.45, 2.75) is 38.3 Å². The molecular formula is C10H18N2O3. The van der Waals surface area contributed by atoms with Crippen molar-refractivity contribution in [3.05, 3.63) is 0 Å². The summed E-state index contributed by atoms with van der Waals surface area (Å²) < 4.78 is 0. The normalized spacial score (nSPS) is 21.6. The predicted molar refractivity (Wildman–Crippen MR) is 55.1 cm³/mol. The van der Waals surface area contributed by atoms with Gasteiger partial charge in [0.05, 0.1) is 0 Å². The molecule has 1 unspecified atom stereocenters. The molecule has 2 N–H and O–H groups in total. The lowest BCUT2D eigenvalue weighted by molar-refractivity contribution is -0.151. The molecule has 1 heterocycles. The highest BCUT2D eigenvalue weighted by molar-refractivity contribution is 5.91. The zero-order valence-electron chi connectivity index (χ0n) is 9.41. The van der Waals surface area contributed by atoms with E-state index in [1.807, 2.05) is 0 Å². The Morgan fingerprint density at radius 3 is 2.53 bits per heavy atom. The Kier molecular flexibility index (Phi) is 3.34. The van der Waals surface area contributed by atoms with Crippen LogP contribution in [0.1, 0.15) is 26.7 Å². The summed E-state index contributed by atoms with van der Waals surface area (Å²) in [4.78, 5) is 24.7. The number of likely N-dealkylation sites (N-methyl/N-ethyl adjacent to an activating group) is 1. The number of hydrogen-bond acceptors (Lipinski definition) is 3. The first-order valence-corrected chi connectivity index (χ1v) is 5.13. The smallest absolute Gasteiger partial charge is 0.254 e. The Morgan fingerprint density at radius 1 is 1.47 bits per heavy atom. The van der Waals surface area contributed by atoms with Crippen molar-refractivity contribution >= 4 is 11.8 Å². The molecule has 2 amide bonds. The monoisotopic (exact) mass is 214 g/mol. The number of nitrogens with zero attached hydrogens (tertiary/aromatic N) is 1. The lowest BCUT2D eigenvalue weighted by Gasteiger charge is -2.28. The van der Waals surface area contributed by atoms with Gasteiger partial charge in [0.2, 0.25) is 5.91 Å². The summed E-state index contributed by atoms with van der Waals surface area (Å²) in [5.41, 5.74) is -1.41. The van der Waals surface area contributed by atoms with Crippen LogP contribution in [0, 0.1) is 0 Å². The van der Waals surface area contributed by atoms with Gasteiger partial charge in [0.1, 0.15) is 11.6 Å². The zero-order valence-corrected chi connectivity index (χ0v) is 9.41. The number of aliphatic hydroxyl groups is 1. The van der Waals surface area contributed by atoms with E-state index < -0.39 is 11.6 Å². The van der Waals surface area contributed by atoms with E-state index in [0.717, 1.165) is 6.42 Å². The van der Waals surface area contributed by atoms with E-state index in [2.05, 4.69) is 5.32 Å². The zero-order chi connectivity index (χ0) is 11.6. The van der Waals surface area contributed by atoms with Gasteiger partial charge in [0, 0.05) is 13.6 Å². The lowest BCUT2D eigenvalue weighted by atomic mass is 10.1. The van der Waals surface area contributed by atoms with Gasteiger partial charge in [-0.15, -0.1) is 0 Å². The minimum Gasteiger partial charge on any atom is -0.381 e. The van der Waals surface area contributed by atoms with Crippen LogP contribution in [-0.2, 0) is 9.59 Å². The second-order valence-corrected chi connectivity index (χ2v) is 4.33. The Hall–Kier alpha value is -1.10. The van der Waals surface area contributed by atoms with Gasteiger partial charge in [-0.25, -0.2) is 0 Å². The van der Waals surface area contributed by atoms with Gasteiger partial charge in [-0.3, -0.25) is 9.59 Å². The fourth-order valence-electron chi connectivity index (χ4n) is 1.80. The third kappa shape index (κ3) is 2.47. The van der Waals surface area contributed by atoms with Crippen LogP contribution in [0.4, 0.5) is 0 Å². The molecule has 0 aromatic rings. The van der Waals surface area contributed by atoms with Gasteiger partial charge in [0.15, 0.2) is 0 Å². The van der Waals surface area contributed by atoms with E-state index in [4.69, 9.17) is 0 Å². The molecule has 0 saturated carbocycles. The fourth-order valence-corrected chi connectivity index (χ4v) is 1.80. The maximum Gasteiger partial charge on any atom is 0.254 e. The van der Waals surface area contributed by atoms with Crippen LogP contribution in [-0.4, -0.2) is 47.1 Å². The fraction of sp³-hybridized carbons (Fsp3) is 0.800. The minimum absolute atomic E-state index is 0.162. The first kappa shape index (κ1) is 12.0. The Balaban J connectivity index is 2.77. The summed E-state index contributed by atoms with van der Waals surface area (Å²) in [5.74, 6) is -0.543. The number of amides is 2. The Bertz CT molecular complexity index is 270. The summed E-state index contributed by atoms with van der Waals surface area (Å²) in [6.45, 7) is 3.42. The van der Waals surface area contributed by atoms with E-state index >= 15 is 0 Å². The molecular weight excluding hydrogens is 196 g/mol. The highest BCUT2D eigenvalue weighted by Gasteiger charge is 2.39. The second-order valence-electron chi connectivity index (χ2n) is 4.33. The van der Waals surface area contributed by atoms with Crippen molar-refractivity contribution in [1.29, 1.82) is 0 Å². The van der Waals surface area contributed by atoms with Crippen molar-refractivity contribution in [3.63, 3.8) is 0 Å². The van der Waals surface area contributed by atoms with Gasteiger partial charge in [-0.1, -0.05) is 0 Å². The molecule has 1 fully saturated rings. The first-order chi connectivity index (χ1) is 6.88. The SMILES string of the molecule is CNC(=O)C1CCCN1C(=O)C(C)(C)O. The van der Waals surface area contributed by atoms with Crippen LogP contribution in [0.25, 0.3) is 0 Å². The number of likely N-dealkylation sites (tertiary alicyclic amines) is 1. The third-order valence-corrected chi connectivity index (χ3v) is 2.59. The number of rotatable bonds is 2. The van der Waals surface area contributed by atoms with E-state index in [9.17, 15) is 14.7 Å². The Labute approximate surface area is 89.4 Å². The van der Waals surface area contributed by atoms with Gasteiger partial charge in [-0.05, 0) is 26.7 Å². The quantitative estimate of drug-likeness (QED) is 0.650. The van der Waals surface area contributed by atoms with E-state index in [1.165, 1.54) is 18.7 Å². The standard InChI is InChI=1S/C10H18N2O3/c1-10(2,15)9(14)12-6-4-5-7(12)8(13)11-3/h7,15H,4-6H2,1-3H3,(H,11,13). The summed E-state index contributed by atoms with van der Waals surface area (Å²) in [6, 6.07) is -0.422. The number of carbonyl (C=O) groups excluding carboxylic acids is 2. The van der Waals surface area contributed by atoms with Gasteiger partial charge in [0.25, 0.3) is 5.91 Å². The molecule has 0 radical (unpaired) electrons. The lowest BCUT2D eigenvalue weighted by Crippen LogP contribution is -2.51. The van der Waals surface area contributed by atoms with Crippen LogP contribution in [0.3, 0.4) is 0 Å². The Morgan fingerprint density at radius 2 is 2.07 bits per heavy atom. The van der Waals surface area contributed by atoms with Crippen molar-refractivity contribution in [1.82, 2.24) is 10.2 Å². The van der Waals surface area contributed by atoms with Crippen molar-refractivity contribution in [2.75, 3.05) is 13.6 Å². The molecule has 1 saturated heterocycles. The molecule has 1 atom stereocenters. The van der Waals surface area contributed by atoms with E-state index in [0.29, 0.717) is 13.0 Å². The van der Waals surface area contributed by atoms with Gasteiger partial charge >= 0.3 is 0 Å². The molecule has 1 aliphatic rings. The molecule has 86 valence electrons. The molecule has 0 aromatic carbocycles. The summed E-state index contributed by atoms with van der Waals surface area (Å²) in [7, 11) is 1.55. The van der Waals surface area contributed by atoms with Crippen LogP contribution in [0.5, 0.6) is 0 Å². The number of hydrogen-bond donors (Lipinski definition) is 2. The highest BCUT2D eigenvalue weighted by Crippen LogP contribution is 2.21. The molecule has 0 spiro atoms. The molecule has 1 rings (SSSR count). The molecule has 15 heavy (non-hydrogen) atoms.